The predicted octanol–water partition coefficient (Wildman–Crippen LogP) is 4.01. The Labute approximate surface area is 143 Å². The molecular weight excluding hydrogens is 328 g/mol. The molecule has 0 atom stereocenters. The van der Waals surface area contributed by atoms with Gasteiger partial charge in [0.05, 0.1) is 12.9 Å². The van der Waals surface area contributed by atoms with Crippen molar-refractivity contribution >= 4 is 40.2 Å². The number of fused-ring (bicyclic) bond motifs is 1. The van der Waals surface area contributed by atoms with Gasteiger partial charge in [0.1, 0.15) is 10.8 Å². The highest BCUT2D eigenvalue weighted by atomic mass is 32.2. The summed E-state index contributed by atoms with van der Waals surface area (Å²) in [6, 6.07) is 7.90. The highest BCUT2D eigenvalue weighted by molar-refractivity contribution is 7.99. The Bertz CT molecular complexity index is 822. The average Bonchev–Trinajstić information content (AvgIpc) is 3.11. The minimum Gasteiger partial charge on any atom is -0.496 e. The van der Waals surface area contributed by atoms with Crippen LogP contribution in [0.25, 0.3) is 17.1 Å². The molecular formula is C16H18N4OS2. The maximum Gasteiger partial charge on any atom is 0.234 e. The highest BCUT2D eigenvalue weighted by Gasteiger charge is 2.11. The number of methoxy groups -OCH3 is 1. The first-order chi connectivity index (χ1) is 11.2. The fourth-order valence-electron chi connectivity index (χ4n) is 2.04. The van der Waals surface area contributed by atoms with Gasteiger partial charge in [0.15, 0.2) is 5.82 Å². The van der Waals surface area contributed by atoms with E-state index in [9.17, 15) is 0 Å². The summed E-state index contributed by atoms with van der Waals surface area (Å²) >= 11 is 3.36. The van der Waals surface area contributed by atoms with E-state index in [0.29, 0.717) is 5.25 Å². The van der Waals surface area contributed by atoms with E-state index >= 15 is 0 Å². The van der Waals surface area contributed by atoms with E-state index < -0.39 is 0 Å². The molecule has 0 radical (unpaired) electrons. The first kappa shape index (κ1) is 16.0. The third-order valence-corrected chi connectivity index (χ3v) is 5.12. The molecule has 7 heteroatoms. The van der Waals surface area contributed by atoms with E-state index in [0.717, 1.165) is 32.9 Å². The molecule has 2 aromatic heterocycles. The second-order valence-corrected chi connectivity index (χ2v) is 7.74. The van der Waals surface area contributed by atoms with Crippen molar-refractivity contribution in [2.75, 3.05) is 7.11 Å². The molecule has 0 saturated carbocycles. The van der Waals surface area contributed by atoms with Crippen LogP contribution in [0, 0.1) is 0 Å². The summed E-state index contributed by atoms with van der Waals surface area (Å²) in [7, 11) is 1.68. The van der Waals surface area contributed by atoms with Crippen molar-refractivity contribution in [3.63, 3.8) is 0 Å². The van der Waals surface area contributed by atoms with E-state index in [1.54, 1.807) is 7.11 Å². The van der Waals surface area contributed by atoms with Gasteiger partial charge in [-0.1, -0.05) is 43.4 Å². The molecule has 3 rings (SSSR count). The summed E-state index contributed by atoms with van der Waals surface area (Å²) in [6.07, 6.45) is 3.99. The van der Waals surface area contributed by atoms with Gasteiger partial charge < -0.3 is 4.74 Å². The van der Waals surface area contributed by atoms with Gasteiger partial charge in [-0.05, 0) is 23.5 Å². The van der Waals surface area contributed by atoms with Crippen LogP contribution in [0.3, 0.4) is 0 Å². The predicted molar refractivity (Wildman–Crippen MR) is 97.0 cm³/mol. The van der Waals surface area contributed by atoms with Crippen LogP contribution in [-0.4, -0.2) is 32.2 Å². The lowest BCUT2D eigenvalue weighted by Gasteiger charge is -2.02. The maximum atomic E-state index is 5.35. The lowest BCUT2D eigenvalue weighted by atomic mass is 10.2. The van der Waals surface area contributed by atoms with Crippen molar-refractivity contribution in [2.45, 2.75) is 24.9 Å². The average molecular weight is 346 g/mol. The van der Waals surface area contributed by atoms with Gasteiger partial charge in [-0.2, -0.15) is 21.4 Å². The monoisotopic (exact) mass is 346 g/mol. The van der Waals surface area contributed by atoms with E-state index in [4.69, 9.17) is 4.74 Å². The second-order valence-electron chi connectivity index (χ2n) is 5.19. The van der Waals surface area contributed by atoms with Crippen molar-refractivity contribution in [2.24, 2.45) is 0 Å². The SMILES string of the molecule is COc1ccccc1C=Cc1nn2c(CSC(C)C)nnc2s1. The third-order valence-electron chi connectivity index (χ3n) is 3.16. The Morgan fingerprint density at radius 3 is 2.87 bits per heavy atom. The molecule has 3 aromatic rings. The normalized spacial score (nSPS) is 11.8. The second kappa shape index (κ2) is 7.14. The first-order valence-corrected chi connectivity index (χ1v) is 9.17. The van der Waals surface area contributed by atoms with Crippen LogP contribution in [0.15, 0.2) is 24.3 Å². The first-order valence-electron chi connectivity index (χ1n) is 7.31. The molecule has 0 fully saturated rings. The van der Waals surface area contributed by atoms with Crippen LogP contribution in [0.1, 0.15) is 30.2 Å². The maximum absolute atomic E-state index is 5.35. The summed E-state index contributed by atoms with van der Waals surface area (Å²) in [4.78, 5) is 0.823. The van der Waals surface area contributed by atoms with Crippen molar-refractivity contribution in [1.82, 2.24) is 19.8 Å². The van der Waals surface area contributed by atoms with Crippen LogP contribution in [0.4, 0.5) is 0 Å². The Morgan fingerprint density at radius 1 is 1.26 bits per heavy atom. The van der Waals surface area contributed by atoms with Crippen LogP contribution in [-0.2, 0) is 5.75 Å². The van der Waals surface area contributed by atoms with Crippen LogP contribution in [0.5, 0.6) is 5.75 Å². The topological polar surface area (TPSA) is 52.3 Å². The molecule has 0 bridgehead atoms. The molecule has 0 aliphatic carbocycles. The van der Waals surface area contributed by atoms with Crippen molar-refractivity contribution in [1.29, 1.82) is 0 Å². The van der Waals surface area contributed by atoms with Gasteiger partial charge in [-0.25, -0.2) is 0 Å². The zero-order valence-electron chi connectivity index (χ0n) is 13.3. The number of thioether (sulfide) groups is 1. The standard InChI is InChI=1S/C16H18N4OS2/c1-11(2)22-10-14-17-18-16-20(14)19-15(23-16)9-8-12-6-4-5-7-13(12)21-3/h4-9,11H,10H2,1-3H3. The number of hydrogen-bond acceptors (Lipinski definition) is 6. The van der Waals surface area contributed by atoms with Crippen LogP contribution >= 0.6 is 23.1 Å². The van der Waals surface area contributed by atoms with Crippen molar-refractivity contribution in [3.8, 4) is 5.75 Å². The van der Waals surface area contributed by atoms with Gasteiger partial charge >= 0.3 is 0 Å². The molecule has 23 heavy (non-hydrogen) atoms. The molecule has 0 spiro atoms. The zero-order chi connectivity index (χ0) is 16.2. The quantitative estimate of drug-likeness (QED) is 0.675. The lowest BCUT2D eigenvalue weighted by molar-refractivity contribution is 0.414. The van der Waals surface area contributed by atoms with E-state index in [1.807, 2.05) is 52.7 Å². The lowest BCUT2D eigenvalue weighted by Crippen LogP contribution is -1.96. The largest absolute Gasteiger partial charge is 0.496 e. The van der Waals surface area contributed by atoms with Gasteiger partial charge in [0, 0.05) is 5.56 Å². The van der Waals surface area contributed by atoms with Gasteiger partial charge in [0.2, 0.25) is 4.96 Å². The Hall–Kier alpha value is -1.86. The van der Waals surface area contributed by atoms with Crippen molar-refractivity contribution in [3.05, 3.63) is 40.7 Å². The molecule has 0 aliphatic rings. The van der Waals surface area contributed by atoms with Gasteiger partial charge in [0.25, 0.3) is 0 Å². The van der Waals surface area contributed by atoms with Gasteiger partial charge in [-0.15, -0.1) is 10.2 Å². The number of aromatic nitrogens is 4. The number of para-hydroxylation sites is 1. The number of nitrogens with zero attached hydrogens (tertiary/aromatic N) is 4. The zero-order valence-corrected chi connectivity index (χ0v) is 14.9. The van der Waals surface area contributed by atoms with E-state index in [1.165, 1.54) is 11.3 Å². The molecule has 2 heterocycles. The minimum atomic E-state index is 0.561. The fraction of sp³-hybridized carbons (Fsp3) is 0.312. The summed E-state index contributed by atoms with van der Waals surface area (Å²) in [5, 5.41) is 14.5. The third kappa shape index (κ3) is 3.73. The molecule has 0 saturated heterocycles. The number of hydrogen-bond donors (Lipinski definition) is 0. The van der Waals surface area contributed by atoms with Crippen LogP contribution in [0.2, 0.25) is 0 Å². The Morgan fingerprint density at radius 2 is 2.09 bits per heavy atom. The molecule has 0 N–H and O–H groups in total. The van der Waals surface area contributed by atoms with E-state index in [2.05, 4.69) is 29.1 Å². The molecule has 1 aromatic carbocycles. The molecule has 5 nitrogen and oxygen atoms in total. The van der Waals surface area contributed by atoms with Crippen molar-refractivity contribution < 1.29 is 4.74 Å². The molecule has 120 valence electrons. The summed E-state index contributed by atoms with van der Waals surface area (Å²) in [5.74, 6) is 2.56. The summed E-state index contributed by atoms with van der Waals surface area (Å²) < 4.78 is 7.19. The Kier molecular flexibility index (Phi) is 4.97. The van der Waals surface area contributed by atoms with Gasteiger partial charge in [-0.3, -0.25) is 0 Å². The molecule has 0 unspecified atom stereocenters. The minimum absolute atomic E-state index is 0.561. The Balaban J connectivity index is 1.82. The number of ether oxygens (including phenoxy) is 1. The number of benzene rings is 1. The molecule has 0 amide bonds. The number of rotatable bonds is 6. The van der Waals surface area contributed by atoms with E-state index in [-0.39, 0.29) is 0 Å². The molecule has 0 aliphatic heterocycles. The van der Waals surface area contributed by atoms with Crippen LogP contribution < -0.4 is 4.74 Å². The smallest absolute Gasteiger partial charge is 0.234 e. The summed E-state index contributed by atoms with van der Waals surface area (Å²) in [5.41, 5.74) is 1.02. The highest BCUT2D eigenvalue weighted by Crippen LogP contribution is 2.23. The fourth-order valence-corrected chi connectivity index (χ4v) is 3.46. The summed E-state index contributed by atoms with van der Waals surface area (Å²) in [6.45, 7) is 4.34.